The molecule has 0 saturated heterocycles. The largest absolute Gasteiger partial charge is 0.330 e. The number of hydrogen-bond acceptors (Lipinski definition) is 2. The monoisotopic (exact) mass is 266 g/mol. The maximum absolute atomic E-state index is 11.1. The number of hydrogen-bond donors (Lipinski definition) is 0. The van der Waals surface area contributed by atoms with Crippen LogP contribution in [0.3, 0.4) is 0 Å². The van der Waals surface area contributed by atoms with Crippen molar-refractivity contribution in [3.8, 4) is 0 Å². The van der Waals surface area contributed by atoms with E-state index in [0.717, 1.165) is 4.57 Å². The zero-order valence-electron chi connectivity index (χ0n) is 6.17. The highest BCUT2D eigenvalue weighted by atomic mass is 127. The van der Waals surface area contributed by atoms with Crippen LogP contribution in [0.5, 0.6) is 0 Å². The van der Waals surface area contributed by atoms with E-state index in [1.165, 1.54) is 17.8 Å². The summed E-state index contributed by atoms with van der Waals surface area (Å²) in [5, 5.41) is 0. The van der Waals surface area contributed by atoms with E-state index < -0.39 is 0 Å². The van der Waals surface area contributed by atoms with Crippen LogP contribution in [0.25, 0.3) is 0 Å². The first-order valence-corrected chi connectivity index (χ1v) is 4.04. The van der Waals surface area contributed by atoms with Crippen LogP contribution >= 0.6 is 22.6 Å². The number of aryl methyl sites for hydroxylation is 1. The van der Waals surface area contributed by atoms with E-state index in [1.807, 2.05) is 22.6 Å². The van der Waals surface area contributed by atoms with Crippen molar-refractivity contribution < 1.29 is 0 Å². The number of aromatic nitrogens is 2. The molecule has 0 atom stereocenters. The van der Waals surface area contributed by atoms with Gasteiger partial charge in [0, 0.05) is 20.3 Å². The zero-order chi connectivity index (χ0) is 8.59. The van der Waals surface area contributed by atoms with E-state index in [0.29, 0.717) is 3.57 Å². The molecular weight excluding hydrogens is 259 g/mol. The highest BCUT2D eigenvalue weighted by Crippen LogP contribution is 1.91. The van der Waals surface area contributed by atoms with Gasteiger partial charge >= 0.3 is 5.69 Å². The Kier molecular flexibility index (Phi) is 2.17. The van der Waals surface area contributed by atoms with Crippen LogP contribution < -0.4 is 11.2 Å². The fourth-order valence-corrected chi connectivity index (χ4v) is 1.54. The van der Waals surface area contributed by atoms with Crippen molar-refractivity contribution in [2.45, 2.75) is 0 Å². The van der Waals surface area contributed by atoms with Gasteiger partial charge in [-0.15, -0.1) is 0 Å². The van der Waals surface area contributed by atoms with Gasteiger partial charge in [0.1, 0.15) is 0 Å². The van der Waals surface area contributed by atoms with Crippen molar-refractivity contribution in [2.75, 3.05) is 0 Å². The summed E-state index contributed by atoms with van der Waals surface area (Å²) in [4.78, 5) is 22.1. The lowest BCUT2D eigenvalue weighted by atomic mass is 10.6. The fourth-order valence-electron chi connectivity index (χ4n) is 0.764. The van der Waals surface area contributed by atoms with Gasteiger partial charge in [-0.25, -0.2) is 4.79 Å². The lowest BCUT2D eigenvalue weighted by molar-refractivity contribution is 0.679. The predicted molar refractivity (Wildman–Crippen MR) is 49.6 cm³/mol. The predicted octanol–water partition coefficient (Wildman–Crippen LogP) is -0.311. The van der Waals surface area contributed by atoms with Crippen LogP contribution in [0.2, 0.25) is 0 Å². The Morgan fingerprint density at radius 2 is 1.91 bits per heavy atom. The van der Waals surface area contributed by atoms with Gasteiger partial charge in [0.15, 0.2) is 0 Å². The molecule has 1 aromatic rings. The van der Waals surface area contributed by atoms with Gasteiger partial charge in [0.05, 0.1) is 3.57 Å². The van der Waals surface area contributed by atoms with Gasteiger partial charge in [-0.1, -0.05) is 0 Å². The summed E-state index contributed by atoms with van der Waals surface area (Å²) < 4.78 is 3.01. The van der Waals surface area contributed by atoms with E-state index in [9.17, 15) is 9.59 Å². The molecule has 0 unspecified atom stereocenters. The Labute approximate surface area is 76.6 Å². The third-order valence-electron chi connectivity index (χ3n) is 1.40. The van der Waals surface area contributed by atoms with Gasteiger partial charge in [-0.05, 0) is 22.6 Å². The van der Waals surface area contributed by atoms with E-state index in [4.69, 9.17) is 0 Å². The molecule has 0 N–H and O–H groups in total. The number of nitrogens with zero attached hydrogens (tertiary/aromatic N) is 2. The molecule has 1 heterocycles. The molecule has 0 amide bonds. The average molecular weight is 266 g/mol. The minimum atomic E-state index is -0.296. The van der Waals surface area contributed by atoms with Crippen LogP contribution in [0.4, 0.5) is 0 Å². The van der Waals surface area contributed by atoms with Crippen molar-refractivity contribution in [2.24, 2.45) is 14.1 Å². The summed E-state index contributed by atoms with van der Waals surface area (Å²) in [5.74, 6) is 0. The third-order valence-corrected chi connectivity index (χ3v) is 2.14. The van der Waals surface area contributed by atoms with Crippen molar-refractivity contribution in [3.63, 3.8) is 0 Å². The summed E-state index contributed by atoms with van der Waals surface area (Å²) in [6.45, 7) is 0. The lowest BCUT2D eigenvalue weighted by Gasteiger charge is -2.00. The van der Waals surface area contributed by atoms with E-state index in [2.05, 4.69) is 0 Å². The third kappa shape index (κ3) is 1.37. The van der Waals surface area contributed by atoms with E-state index in [-0.39, 0.29) is 11.2 Å². The Bertz CT molecular complexity index is 356. The Hall–Kier alpha value is -0.590. The molecule has 0 aliphatic heterocycles. The SMILES string of the molecule is Cn1cc(I)c(=O)n(C)c1=O. The zero-order valence-corrected chi connectivity index (χ0v) is 8.32. The molecule has 1 aromatic heterocycles. The molecule has 5 heteroatoms. The second-order valence-corrected chi connectivity index (χ2v) is 3.40. The second kappa shape index (κ2) is 2.80. The van der Waals surface area contributed by atoms with Gasteiger partial charge in [-0.3, -0.25) is 9.36 Å². The molecule has 60 valence electrons. The van der Waals surface area contributed by atoms with Crippen molar-refractivity contribution in [1.29, 1.82) is 0 Å². The summed E-state index contributed by atoms with van der Waals surface area (Å²) >= 11 is 1.90. The highest BCUT2D eigenvalue weighted by Gasteiger charge is 2.01. The van der Waals surface area contributed by atoms with E-state index in [1.54, 1.807) is 7.05 Å². The minimum Gasteiger partial charge on any atom is -0.302 e. The second-order valence-electron chi connectivity index (χ2n) is 2.23. The van der Waals surface area contributed by atoms with Crippen LogP contribution in [0, 0.1) is 3.57 Å². The van der Waals surface area contributed by atoms with Gasteiger partial charge in [0.2, 0.25) is 0 Å². The number of halogens is 1. The Morgan fingerprint density at radius 3 is 2.45 bits per heavy atom. The molecule has 11 heavy (non-hydrogen) atoms. The standard InChI is InChI=1S/C6H7IN2O2/c1-8-3-4(7)5(10)9(2)6(8)11/h3H,1-2H3. The summed E-state index contributed by atoms with van der Waals surface area (Å²) in [6.07, 6.45) is 1.52. The fraction of sp³-hybridized carbons (Fsp3) is 0.333. The maximum Gasteiger partial charge on any atom is 0.330 e. The topological polar surface area (TPSA) is 44.0 Å². The molecule has 0 aliphatic carbocycles. The number of rotatable bonds is 0. The molecule has 0 radical (unpaired) electrons. The molecule has 0 bridgehead atoms. The van der Waals surface area contributed by atoms with Crippen LogP contribution in [0.1, 0.15) is 0 Å². The highest BCUT2D eigenvalue weighted by molar-refractivity contribution is 14.1. The van der Waals surface area contributed by atoms with Crippen molar-refractivity contribution in [3.05, 3.63) is 30.6 Å². The minimum absolute atomic E-state index is 0.242. The van der Waals surface area contributed by atoms with E-state index >= 15 is 0 Å². The quantitative estimate of drug-likeness (QED) is 0.604. The molecule has 0 aromatic carbocycles. The maximum atomic E-state index is 11.1. The first kappa shape index (κ1) is 8.51. The summed E-state index contributed by atoms with van der Waals surface area (Å²) in [5.41, 5.74) is -0.538. The first-order valence-electron chi connectivity index (χ1n) is 2.96. The Balaban J connectivity index is 3.74. The molecular formula is C6H7IN2O2. The van der Waals surface area contributed by atoms with Gasteiger partial charge in [0.25, 0.3) is 5.56 Å². The van der Waals surface area contributed by atoms with Gasteiger partial charge in [-0.2, -0.15) is 0 Å². The first-order chi connectivity index (χ1) is 5.04. The average Bonchev–Trinajstić information content (AvgIpc) is 1.97. The smallest absolute Gasteiger partial charge is 0.302 e. The normalized spacial score (nSPS) is 10.1. The molecule has 0 fully saturated rings. The van der Waals surface area contributed by atoms with Gasteiger partial charge < -0.3 is 4.57 Å². The molecule has 4 nitrogen and oxygen atoms in total. The molecule has 0 saturated carbocycles. The molecule has 0 spiro atoms. The lowest BCUT2D eigenvalue weighted by Crippen LogP contribution is -2.37. The molecule has 0 aliphatic rings. The summed E-state index contributed by atoms with van der Waals surface area (Å²) in [7, 11) is 3.08. The van der Waals surface area contributed by atoms with Crippen molar-refractivity contribution >= 4 is 22.6 Å². The summed E-state index contributed by atoms with van der Waals surface area (Å²) in [6, 6.07) is 0. The van der Waals surface area contributed by atoms with Crippen LogP contribution in [-0.4, -0.2) is 9.13 Å². The van der Waals surface area contributed by atoms with Crippen LogP contribution in [-0.2, 0) is 14.1 Å². The molecule has 1 rings (SSSR count). The Morgan fingerprint density at radius 1 is 1.36 bits per heavy atom. The van der Waals surface area contributed by atoms with Crippen LogP contribution in [0.15, 0.2) is 15.8 Å². The van der Waals surface area contributed by atoms with Crippen molar-refractivity contribution in [1.82, 2.24) is 9.13 Å².